The van der Waals surface area contributed by atoms with Gasteiger partial charge in [-0.15, -0.1) is 0 Å². The number of anilines is 1. The van der Waals surface area contributed by atoms with Crippen molar-refractivity contribution in [1.82, 2.24) is 31.5 Å². The third kappa shape index (κ3) is 19.6. The maximum Gasteiger partial charge on any atom is 0.410 e. The molecule has 0 spiro atoms. The molecule has 0 unspecified atom stereocenters. The van der Waals surface area contributed by atoms with Gasteiger partial charge in [-0.3, -0.25) is 33.7 Å². The van der Waals surface area contributed by atoms with Crippen molar-refractivity contribution in [2.45, 2.75) is 105 Å². The lowest BCUT2D eigenvalue weighted by Crippen LogP contribution is -2.55. The molecule has 8 N–H and O–H groups in total. The number of hydrogen-bond donors (Lipinski definition) is 7. The number of Topliss-reactive ketones (excluding diaryl/α,β-unsaturated/α-hetero) is 1. The molecular formula is C40H66N8O10S. The fourth-order valence-electron chi connectivity index (χ4n) is 5.76. The Kier molecular flexibility index (Phi) is 23.8. The van der Waals surface area contributed by atoms with E-state index in [1.807, 2.05) is 13.8 Å². The minimum atomic E-state index is -1.06. The number of carbonyl (C=O) groups is 8. The molecule has 59 heavy (non-hydrogen) atoms. The largest absolute Gasteiger partial charge is 0.445 e. The second-order valence-corrected chi connectivity index (χ2v) is 16.2. The molecular weight excluding hydrogens is 785 g/mol. The number of amides is 8. The Morgan fingerprint density at radius 2 is 1.37 bits per heavy atom. The van der Waals surface area contributed by atoms with Gasteiger partial charge in [-0.1, -0.05) is 79.3 Å². The van der Waals surface area contributed by atoms with Crippen molar-refractivity contribution < 1.29 is 47.8 Å². The Morgan fingerprint density at radius 3 is 1.92 bits per heavy atom. The summed E-state index contributed by atoms with van der Waals surface area (Å²) in [6.45, 7) is 14.9. The van der Waals surface area contributed by atoms with Gasteiger partial charge >= 0.3 is 12.1 Å². The fourth-order valence-corrected chi connectivity index (χ4v) is 6.00. The van der Waals surface area contributed by atoms with Crippen LogP contribution in [0.1, 0.15) is 80.2 Å². The van der Waals surface area contributed by atoms with E-state index in [1.54, 1.807) is 72.1 Å². The van der Waals surface area contributed by atoms with Crippen LogP contribution < -0.4 is 37.6 Å². The number of hydrogen-bond acceptors (Lipinski definition) is 11. The molecule has 0 heterocycles. The van der Waals surface area contributed by atoms with Crippen LogP contribution in [0.4, 0.5) is 20.1 Å². The molecule has 0 aliphatic rings. The molecule has 0 saturated carbocycles. The van der Waals surface area contributed by atoms with Gasteiger partial charge in [0.15, 0.2) is 5.78 Å². The van der Waals surface area contributed by atoms with Crippen molar-refractivity contribution >= 4 is 64.2 Å². The van der Waals surface area contributed by atoms with Gasteiger partial charge in [0.25, 0.3) is 5.24 Å². The highest BCUT2D eigenvalue weighted by molar-refractivity contribution is 8.12. The molecule has 4 atom stereocenters. The normalized spacial score (nSPS) is 13.2. The van der Waals surface area contributed by atoms with Crippen LogP contribution in [0.15, 0.2) is 24.3 Å². The van der Waals surface area contributed by atoms with Crippen LogP contribution in [0.25, 0.3) is 0 Å². The van der Waals surface area contributed by atoms with Gasteiger partial charge < -0.3 is 47.1 Å². The van der Waals surface area contributed by atoms with Crippen LogP contribution in [0.5, 0.6) is 0 Å². The zero-order valence-corrected chi connectivity index (χ0v) is 36.9. The maximum absolute atomic E-state index is 13.5. The van der Waals surface area contributed by atoms with Crippen molar-refractivity contribution in [2.24, 2.45) is 29.4 Å². The van der Waals surface area contributed by atoms with E-state index in [2.05, 4.69) is 31.9 Å². The summed E-state index contributed by atoms with van der Waals surface area (Å²) >= 11 is 1.04. The first-order valence-corrected chi connectivity index (χ1v) is 21.1. The van der Waals surface area contributed by atoms with E-state index >= 15 is 0 Å². The van der Waals surface area contributed by atoms with E-state index in [1.165, 1.54) is 11.9 Å². The highest BCUT2D eigenvalue weighted by atomic mass is 32.2. The van der Waals surface area contributed by atoms with E-state index in [0.717, 1.165) is 11.8 Å². The third-order valence-corrected chi connectivity index (χ3v) is 9.59. The highest BCUT2D eigenvalue weighted by Crippen LogP contribution is 2.17. The third-order valence-electron chi connectivity index (χ3n) is 9.07. The average Bonchev–Trinajstić information content (AvgIpc) is 3.16. The summed E-state index contributed by atoms with van der Waals surface area (Å²) in [4.78, 5) is 103. The summed E-state index contributed by atoms with van der Waals surface area (Å²) in [5.74, 6) is -3.17. The molecule has 0 aliphatic heterocycles. The number of ketones is 1. The SMILES string of the molecule is CSC(=O)NCCOCCC(=O)N[C@H](C(=O)N[C@@H](CCCNC(N)=O)C(=O)Nc1ccc(COC(=O)N(C)[C@H](C(=O)N[C@H](C(=O)C(C)C)C(C)C)C(C)C)cc1)C(C)C. The number of rotatable bonds is 25. The van der Waals surface area contributed by atoms with Crippen LogP contribution in [-0.4, -0.2) is 115 Å². The molecule has 1 aromatic carbocycles. The summed E-state index contributed by atoms with van der Waals surface area (Å²) in [6.07, 6.45) is 1.30. The van der Waals surface area contributed by atoms with E-state index in [0.29, 0.717) is 24.2 Å². The Bertz CT molecular complexity index is 1560. The van der Waals surface area contributed by atoms with Gasteiger partial charge in [0.2, 0.25) is 23.6 Å². The first-order valence-electron chi connectivity index (χ1n) is 19.9. The first-order chi connectivity index (χ1) is 27.7. The molecule has 0 aromatic heterocycles. The van der Waals surface area contributed by atoms with Crippen LogP contribution in [0, 0.1) is 23.7 Å². The predicted molar refractivity (Wildman–Crippen MR) is 226 cm³/mol. The predicted octanol–water partition coefficient (Wildman–Crippen LogP) is 3.14. The minimum absolute atomic E-state index is 0.0300. The molecule has 18 nitrogen and oxygen atoms in total. The highest BCUT2D eigenvalue weighted by Gasteiger charge is 2.35. The molecule has 0 radical (unpaired) electrons. The molecule has 0 saturated heterocycles. The molecule has 332 valence electrons. The molecule has 19 heteroatoms. The van der Waals surface area contributed by atoms with Crippen LogP contribution >= 0.6 is 11.8 Å². The smallest absolute Gasteiger partial charge is 0.410 e. The molecule has 1 rings (SSSR count). The number of nitrogens with two attached hydrogens (primary N) is 1. The van der Waals surface area contributed by atoms with E-state index < -0.39 is 59.9 Å². The standard InChI is InChI=1S/C40H66N8O10S/c1-23(2)31(34(50)26(7)8)47-37(53)33(25(5)6)48(9)40(56)58-22-27-13-15-28(16-14-27)44-35(51)29(12-11-18-42-38(41)54)45-36(52)32(24(3)4)46-30(49)17-20-57-21-19-43-39(55)59-10/h13-16,23-26,29,31-33H,11-12,17-22H2,1-10H3,(H,43,55)(H,44,51)(H,45,52)(H,46,49)(H,47,53)(H3,41,42,54)/t29-,31-,32-,33-/m0/s1. The first kappa shape index (κ1) is 52.1. The number of ether oxygens (including phenoxy) is 2. The van der Waals surface area contributed by atoms with E-state index in [9.17, 15) is 38.4 Å². The number of primary amides is 1. The van der Waals surface area contributed by atoms with Gasteiger partial charge in [-0.25, -0.2) is 9.59 Å². The number of urea groups is 1. The van der Waals surface area contributed by atoms with Gasteiger partial charge in [0.05, 0.1) is 19.3 Å². The maximum atomic E-state index is 13.5. The second-order valence-electron chi connectivity index (χ2n) is 15.4. The topological polar surface area (TPSA) is 256 Å². The van der Waals surface area contributed by atoms with Crippen molar-refractivity contribution in [2.75, 3.05) is 44.9 Å². The minimum Gasteiger partial charge on any atom is -0.445 e. The van der Waals surface area contributed by atoms with Crippen LogP contribution in [0.2, 0.25) is 0 Å². The van der Waals surface area contributed by atoms with Crippen molar-refractivity contribution in [1.29, 1.82) is 0 Å². The van der Waals surface area contributed by atoms with E-state index in [4.69, 9.17) is 15.2 Å². The summed E-state index contributed by atoms with van der Waals surface area (Å²) < 4.78 is 10.9. The molecule has 0 bridgehead atoms. The lowest BCUT2D eigenvalue weighted by atomic mass is 9.92. The van der Waals surface area contributed by atoms with Crippen molar-refractivity contribution in [3.63, 3.8) is 0 Å². The number of benzene rings is 1. The van der Waals surface area contributed by atoms with Crippen molar-refractivity contribution in [3.05, 3.63) is 29.8 Å². The Labute approximate surface area is 352 Å². The number of likely N-dealkylation sites (N-methyl/N-ethyl adjacent to an activating group) is 1. The zero-order chi connectivity index (χ0) is 44.8. The second kappa shape index (κ2) is 27.0. The quantitative estimate of drug-likeness (QED) is 0.0704. The average molecular weight is 851 g/mol. The number of nitrogens with one attached hydrogen (secondary N) is 6. The summed E-state index contributed by atoms with van der Waals surface area (Å²) in [6, 6.07) is 2.10. The Morgan fingerprint density at radius 1 is 0.746 bits per heavy atom. The van der Waals surface area contributed by atoms with Gasteiger partial charge in [0, 0.05) is 38.2 Å². The zero-order valence-electron chi connectivity index (χ0n) is 36.1. The number of thioether (sulfide) groups is 1. The lowest BCUT2D eigenvalue weighted by Gasteiger charge is -2.32. The molecule has 1 aromatic rings. The monoisotopic (exact) mass is 850 g/mol. The summed E-state index contributed by atoms with van der Waals surface area (Å²) in [7, 11) is 1.46. The molecule has 8 amide bonds. The number of nitrogens with zero attached hydrogens (tertiary/aromatic N) is 1. The van der Waals surface area contributed by atoms with Crippen molar-refractivity contribution in [3.8, 4) is 0 Å². The van der Waals surface area contributed by atoms with E-state index in [-0.39, 0.29) is 73.9 Å². The van der Waals surface area contributed by atoms with Gasteiger partial charge in [-0.05, 0) is 54.5 Å². The summed E-state index contributed by atoms with van der Waals surface area (Å²) in [5.41, 5.74) is 6.14. The van der Waals surface area contributed by atoms with Gasteiger partial charge in [-0.2, -0.15) is 0 Å². The number of carbonyl (C=O) groups excluding carboxylic acids is 8. The lowest BCUT2D eigenvalue weighted by molar-refractivity contribution is -0.133. The fraction of sp³-hybridized carbons (Fsp3) is 0.650. The Balaban J connectivity index is 2.94. The van der Waals surface area contributed by atoms with Crippen LogP contribution in [-0.2, 0) is 40.1 Å². The van der Waals surface area contributed by atoms with Gasteiger partial charge in [0.1, 0.15) is 24.7 Å². The molecule has 0 fully saturated rings. The summed E-state index contributed by atoms with van der Waals surface area (Å²) in [5, 5.41) is 15.9. The molecule has 0 aliphatic carbocycles. The Hall–Kier alpha value is -4.91. The van der Waals surface area contributed by atoms with Crippen LogP contribution in [0.3, 0.4) is 0 Å².